The van der Waals surface area contributed by atoms with Gasteiger partial charge in [0.1, 0.15) is 0 Å². The van der Waals surface area contributed by atoms with Crippen molar-refractivity contribution >= 4 is 17.4 Å². The number of carbonyl (C=O) groups is 2. The summed E-state index contributed by atoms with van der Waals surface area (Å²) in [5.41, 5.74) is 4.06. The lowest BCUT2D eigenvalue weighted by molar-refractivity contribution is 0.0955. The van der Waals surface area contributed by atoms with Gasteiger partial charge >= 0.3 is 0 Å². The first kappa shape index (κ1) is 13.6. The first-order valence-electron chi connectivity index (χ1n) is 7.09. The average molecular weight is 279 g/mol. The minimum absolute atomic E-state index is 0.0364. The van der Waals surface area contributed by atoms with Crippen LogP contribution in [0.2, 0.25) is 0 Å². The van der Waals surface area contributed by atoms with Crippen molar-refractivity contribution in [1.82, 2.24) is 0 Å². The zero-order valence-corrected chi connectivity index (χ0v) is 12.2. The molecular weight excluding hydrogens is 262 g/mol. The van der Waals surface area contributed by atoms with Crippen LogP contribution in [0.5, 0.6) is 0 Å². The van der Waals surface area contributed by atoms with Gasteiger partial charge in [0.05, 0.1) is 5.69 Å². The van der Waals surface area contributed by atoms with Crippen LogP contribution in [-0.2, 0) is 0 Å². The van der Waals surface area contributed by atoms with Crippen LogP contribution in [0, 0.1) is 13.8 Å². The van der Waals surface area contributed by atoms with E-state index in [-0.39, 0.29) is 11.7 Å². The molecule has 0 atom stereocenters. The molecular formula is C18H17NO2. The molecule has 0 spiro atoms. The molecule has 0 saturated heterocycles. The van der Waals surface area contributed by atoms with Gasteiger partial charge < -0.3 is 4.90 Å². The molecule has 2 aromatic carbocycles. The van der Waals surface area contributed by atoms with Crippen LogP contribution >= 0.6 is 0 Å². The van der Waals surface area contributed by atoms with Gasteiger partial charge in [-0.3, -0.25) is 9.59 Å². The second-order valence-electron chi connectivity index (χ2n) is 5.47. The molecule has 1 aliphatic rings. The highest BCUT2D eigenvalue weighted by atomic mass is 16.2. The van der Waals surface area contributed by atoms with Crippen molar-refractivity contribution < 1.29 is 9.59 Å². The second kappa shape index (κ2) is 5.17. The molecule has 0 aliphatic carbocycles. The number of benzene rings is 2. The maximum absolute atomic E-state index is 12.8. The predicted molar refractivity (Wildman–Crippen MR) is 83.0 cm³/mol. The summed E-state index contributed by atoms with van der Waals surface area (Å²) in [4.78, 5) is 26.6. The summed E-state index contributed by atoms with van der Waals surface area (Å²) in [6.45, 7) is 4.33. The van der Waals surface area contributed by atoms with Crippen LogP contribution in [0.4, 0.5) is 5.69 Å². The molecule has 2 aromatic rings. The topological polar surface area (TPSA) is 37.4 Å². The molecule has 3 rings (SSSR count). The third kappa shape index (κ3) is 2.35. The monoisotopic (exact) mass is 279 g/mol. The maximum atomic E-state index is 12.8. The van der Waals surface area contributed by atoms with Gasteiger partial charge in [-0.2, -0.15) is 0 Å². The van der Waals surface area contributed by atoms with Gasteiger partial charge in [0.25, 0.3) is 5.91 Å². The zero-order chi connectivity index (χ0) is 15.0. The average Bonchev–Trinajstić information content (AvgIpc) is 2.48. The van der Waals surface area contributed by atoms with E-state index < -0.39 is 0 Å². The quantitative estimate of drug-likeness (QED) is 0.800. The minimum atomic E-state index is -0.0364. The molecule has 0 aromatic heterocycles. The highest BCUT2D eigenvalue weighted by molar-refractivity contribution is 6.13. The van der Waals surface area contributed by atoms with E-state index in [9.17, 15) is 9.59 Å². The van der Waals surface area contributed by atoms with E-state index in [1.807, 2.05) is 56.3 Å². The number of ketones is 1. The smallest absolute Gasteiger partial charge is 0.258 e. The van der Waals surface area contributed by atoms with E-state index in [2.05, 4.69) is 0 Å². The van der Waals surface area contributed by atoms with E-state index in [1.54, 1.807) is 4.90 Å². The van der Waals surface area contributed by atoms with E-state index in [0.29, 0.717) is 24.1 Å². The Kier molecular flexibility index (Phi) is 3.34. The molecule has 1 aliphatic heterocycles. The Labute approximate surface area is 124 Å². The number of hydrogen-bond donors (Lipinski definition) is 0. The molecule has 3 heteroatoms. The van der Waals surface area contributed by atoms with Gasteiger partial charge in [0.15, 0.2) is 5.78 Å². The fraction of sp³-hybridized carbons (Fsp3) is 0.222. The van der Waals surface area contributed by atoms with Crippen molar-refractivity contribution in [3.63, 3.8) is 0 Å². The fourth-order valence-corrected chi connectivity index (χ4v) is 2.75. The number of Topliss-reactive ketones (excluding diaryl/α,β-unsaturated/α-hetero) is 1. The lowest BCUT2D eigenvalue weighted by atomic mass is 9.97. The summed E-state index contributed by atoms with van der Waals surface area (Å²) >= 11 is 0. The molecule has 1 heterocycles. The van der Waals surface area contributed by atoms with E-state index in [4.69, 9.17) is 0 Å². The third-order valence-electron chi connectivity index (χ3n) is 3.93. The Hall–Kier alpha value is -2.42. The van der Waals surface area contributed by atoms with E-state index in [1.165, 1.54) is 0 Å². The highest BCUT2D eigenvalue weighted by Crippen LogP contribution is 2.29. The first-order valence-corrected chi connectivity index (χ1v) is 7.09. The van der Waals surface area contributed by atoms with Gasteiger partial charge in [-0.25, -0.2) is 0 Å². The van der Waals surface area contributed by atoms with Gasteiger partial charge in [0.2, 0.25) is 0 Å². The highest BCUT2D eigenvalue weighted by Gasteiger charge is 2.28. The summed E-state index contributed by atoms with van der Waals surface area (Å²) in [7, 11) is 0. The summed E-state index contributed by atoms with van der Waals surface area (Å²) in [6.07, 6.45) is 0.383. The van der Waals surface area contributed by atoms with Crippen LogP contribution in [0.3, 0.4) is 0 Å². The predicted octanol–water partition coefficient (Wildman–Crippen LogP) is 3.54. The molecule has 106 valence electrons. The molecule has 21 heavy (non-hydrogen) atoms. The van der Waals surface area contributed by atoms with Crippen LogP contribution in [-0.4, -0.2) is 18.2 Å². The molecule has 0 N–H and O–H groups in total. The van der Waals surface area contributed by atoms with Crippen molar-refractivity contribution in [2.45, 2.75) is 20.3 Å². The largest absolute Gasteiger partial charge is 0.307 e. The second-order valence-corrected chi connectivity index (χ2v) is 5.47. The standard InChI is InChI=1S/C18H17NO2/c1-12-7-8-16-15(11-12)17(20)9-10-19(16)18(21)14-6-4-3-5-13(14)2/h3-8,11H,9-10H2,1-2H3. The number of rotatable bonds is 1. The van der Waals surface area contributed by atoms with Crippen molar-refractivity contribution in [2.24, 2.45) is 0 Å². The third-order valence-corrected chi connectivity index (χ3v) is 3.93. The normalized spacial score (nSPS) is 14.0. The molecule has 0 radical (unpaired) electrons. The number of anilines is 1. The first-order chi connectivity index (χ1) is 10.1. The zero-order valence-electron chi connectivity index (χ0n) is 12.2. The Balaban J connectivity index is 2.06. The summed E-state index contributed by atoms with van der Waals surface area (Å²) in [6, 6.07) is 13.2. The van der Waals surface area contributed by atoms with E-state index in [0.717, 1.165) is 16.8 Å². The van der Waals surface area contributed by atoms with Crippen LogP contribution in [0.15, 0.2) is 42.5 Å². The van der Waals surface area contributed by atoms with Crippen molar-refractivity contribution in [3.05, 3.63) is 64.7 Å². The Morgan fingerprint density at radius 2 is 1.86 bits per heavy atom. The number of carbonyl (C=O) groups excluding carboxylic acids is 2. The van der Waals surface area contributed by atoms with Gasteiger partial charge in [-0.15, -0.1) is 0 Å². The molecule has 1 amide bonds. The molecule has 0 fully saturated rings. The van der Waals surface area contributed by atoms with Crippen molar-refractivity contribution in [1.29, 1.82) is 0 Å². The Morgan fingerprint density at radius 3 is 2.62 bits per heavy atom. The van der Waals surface area contributed by atoms with Crippen molar-refractivity contribution in [2.75, 3.05) is 11.4 Å². The van der Waals surface area contributed by atoms with Crippen molar-refractivity contribution in [3.8, 4) is 0 Å². The van der Waals surface area contributed by atoms with Gasteiger partial charge in [-0.1, -0.05) is 29.8 Å². The van der Waals surface area contributed by atoms with Crippen LogP contribution in [0.25, 0.3) is 0 Å². The summed E-state index contributed by atoms with van der Waals surface area (Å²) < 4.78 is 0. The number of hydrogen-bond acceptors (Lipinski definition) is 2. The SMILES string of the molecule is Cc1ccc2c(c1)C(=O)CCN2C(=O)c1ccccc1C. The van der Waals surface area contributed by atoms with E-state index >= 15 is 0 Å². The maximum Gasteiger partial charge on any atom is 0.258 e. The molecule has 0 bridgehead atoms. The Bertz CT molecular complexity index is 734. The lowest BCUT2D eigenvalue weighted by Crippen LogP contribution is -2.37. The number of aryl methyl sites for hydroxylation is 2. The lowest BCUT2D eigenvalue weighted by Gasteiger charge is -2.29. The van der Waals surface area contributed by atoms with Crippen LogP contribution < -0.4 is 4.90 Å². The summed E-state index contributed by atoms with van der Waals surface area (Å²) in [5.74, 6) is 0.0771. The fourth-order valence-electron chi connectivity index (χ4n) is 2.75. The Morgan fingerprint density at radius 1 is 1.10 bits per heavy atom. The molecule has 3 nitrogen and oxygen atoms in total. The molecule has 0 saturated carbocycles. The van der Waals surface area contributed by atoms with Gasteiger partial charge in [0, 0.05) is 24.1 Å². The number of fused-ring (bicyclic) bond motifs is 1. The van der Waals surface area contributed by atoms with Crippen LogP contribution in [0.1, 0.15) is 38.3 Å². The number of amides is 1. The number of nitrogens with zero attached hydrogens (tertiary/aromatic N) is 1. The molecule has 0 unspecified atom stereocenters. The minimum Gasteiger partial charge on any atom is -0.307 e. The van der Waals surface area contributed by atoms with Gasteiger partial charge in [-0.05, 0) is 37.6 Å². The summed E-state index contributed by atoms with van der Waals surface area (Å²) in [5, 5.41) is 0.